The number of benzene rings is 2. The normalized spacial score (nSPS) is 19.8. The maximum Gasteiger partial charge on any atom is 0.243 e. The third-order valence-corrected chi connectivity index (χ3v) is 4.90. The SMILES string of the molecule is O=C1N[C@@H](Cc2ccccc2)Cc2cccn2[C@H]1Cc1ccccc1. The number of aromatic nitrogens is 1. The Bertz CT molecular complexity index is 839. The molecule has 0 saturated heterocycles. The largest absolute Gasteiger partial charge is 0.351 e. The predicted molar refractivity (Wildman–Crippen MR) is 99.4 cm³/mol. The van der Waals surface area contributed by atoms with Crippen molar-refractivity contribution < 1.29 is 4.79 Å². The van der Waals surface area contributed by atoms with Crippen LogP contribution in [0.3, 0.4) is 0 Å². The number of fused-ring (bicyclic) bond motifs is 1. The third kappa shape index (κ3) is 3.50. The maximum atomic E-state index is 12.9. The van der Waals surface area contributed by atoms with Crippen LogP contribution in [0.4, 0.5) is 0 Å². The molecule has 126 valence electrons. The molecule has 2 heterocycles. The molecule has 3 nitrogen and oxygen atoms in total. The van der Waals surface area contributed by atoms with Gasteiger partial charge in [-0.2, -0.15) is 0 Å². The number of carbonyl (C=O) groups is 1. The van der Waals surface area contributed by atoms with Gasteiger partial charge in [-0.15, -0.1) is 0 Å². The molecule has 0 aliphatic carbocycles. The Hall–Kier alpha value is -2.81. The number of hydrogen-bond donors (Lipinski definition) is 1. The lowest BCUT2D eigenvalue weighted by Crippen LogP contribution is -2.39. The minimum absolute atomic E-state index is 0.111. The molecule has 2 aromatic carbocycles. The minimum atomic E-state index is -0.187. The molecule has 3 heteroatoms. The van der Waals surface area contributed by atoms with E-state index < -0.39 is 0 Å². The Morgan fingerprint density at radius 1 is 0.840 bits per heavy atom. The minimum Gasteiger partial charge on any atom is -0.351 e. The lowest BCUT2D eigenvalue weighted by molar-refractivity contribution is -0.124. The number of nitrogens with zero attached hydrogens (tertiary/aromatic N) is 1. The number of rotatable bonds is 4. The zero-order chi connectivity index (χ0) is 17.1. The topological polar surface area (TPSA) is 34.0 Å². The van der Waals surface area contributed by atoms with E-state index in [4.69, 9.17) is 0 Å². The Balaban J connectivity index is 1.58. The van der Waals surface area contributed by atoms with Crippen LogP contribution in [0.15, 0.2) is 79.0 Å². The van der Waals surface area contributed by atoms with E-state index in [-0.39, 0.29) is 18.0 Å². The van der Waals surface area contributed by atoms with Crippen LogP contribution in [0, 0.1) is 0 Å². The van der Waals surface area contributed by atoms with E-state index in [1.807, 2.05) is 36.5 Å². The average molecular weight is 330 g/mol. The second kappa shape index (κ2) is 6.98. The summed E-state index contributed by atoms with van der Waals surface area (Å²) in [5.41, 5.74) is 3.66. The van der Waals surface area contributed by atoms with E-state index in [9.17, 15) is 4.79 Å². The monoisotopic (exact) mass is 330 g/mol. The molecule has 1 N–H and O–H groups in total. The number of hydrogen-bond acceptors (Lipinski definition) is 1. The van der Waals surface area contributed by atoms with Crippen molar-refractivity contribution in [3.8, 4) is 0 Å². The summed E-state index contributed by atoms with van der Waals surface area (Å²) in [7, 11) is 0. The quantitative estimate of drug-likeness (QED) is 0.780. The molecule has 0 bridgehead atoms. The standard InChI is InChI=1S/C22H22N2O/c25-22-21(15-18-10-5-2-6-11-18)24-13-7-12-20(24)16-19(23-22)14-17-8-3-1-4-9-17/h1-13,19,21H,14-16H2,(H,23,25)/t19-,21-/m0/s1. The Labute approximate surface area is 148 Å². The molecule has 1 aliphatic rings. The first-order valence-electron chi connectivity index (χ1n) is 8.83. The van der Waals surface area contributed by atoms with Crippen LogP contribution in [-0.2, 0) is 24.1 Å². The van der Waals surface area contributed by atoms with Crippen LogP contribution >= 0.6 is 0 Å². The van der Waals surface area contributed by atoms with E-state index in [1.54, 1.807) is 0 Å². The summed E-state index contributed by atoms with van der Waals surface area (Å²) in [6.07, 6.45) is 4.47. The molecule has 2 atom stereocenters. The Morgan fingerprint density at radius 2 is 1.48 bits per heavy atom. The first-order valence-corrected chi connectivity index (χ1v) is 8.83. The average Bonchev–Trinajstić information content (AvgIpc) is 3.04. The van der Waals surface area contributed by atoms with Crippen molar-refractivity contribution in [2.24, 2.45) is 0 Å². The number of nitrogens with one attached hydrogen (secondary N) is 1. The van der Waals surface area contributed by atoms with Crippen LogP contribution in [-0.4, -0.2) is 16.5 Å². The third-order valence-electron chi connectivity index (χ3n) is 4.90. The second-order valence-corrected chi connectivity index (χ2v) is 6.71. The summed E-state index contributed by atoms with van der Waals surface area (Å²) in [5.74, 6) is 0.111. The summed E-state index contributed by atoms with van der Waals surface area (Å²) in [5, 5.41) is 3.27. The first-order chi connectivity index (χ1) is 12.3. The molecule has 4 rings (SSSR count). The van der Waals surface area contributed by atoms with Gasteiger partial charge in [-0.1, -0.05) is 60.7 Å². The van der Waals surface area contributed by atoms with Gasteiger partial charge in [0.1, 0.15) is 6.04 Å². The number of carbonyl (C=O) groups excluding carboxylic acids is 1. The Kier molecular flexibility index (Phi) is 4.38. The molecular formula is C22H22N2O. The fraction of sp³-hybridized carbons (Fsp3) is 0.227. The lowest BCUT2D eigenvalue weighted by Gasteiger charge is -2.19. The van der Waals surface area contributed by atoms with Gasteiger partial charge in [0, 0.05) is 30.8 Å². The fourth-order valence-electron chi connectivity index (χ4n) is 3.68. The van der Waals surface area contributed by atoms with Crippen molar-refractivity contribution in [3.05, 3.63) is 95.8 Å². The summed E-state index contributed by atoms with van der Waals surface area (Å²) in [6, 6.07) is 24.7. The zero-order valence-corrected chi connectivity index (χ0v) is 14.1. The van der Waals surface area contributed by atoms with E-state index in [0.29, 0.717) is 6.42 Å². The van der Waals surface area contributed by atoms with Gasteiger partial charge >= 0.3 is 0 Å². The highest BCUT2D eigenvalue weighted by Gasteiger charge is 2.29. The molecule has 0 spiro atoms. The molecule has 0 saturated carbocycles. The van der Waals surface area contributed by atoms with Crippen LogP contribution in [0.2, 0.25) is 0 Å². The summed E-state index contributed by atoms with van der Waals surface area (Å²) >= 11 is 0. The van der Waals surface area contributed by atoms with Crippen LogP contribution in [0.5, 0.6) is 0 Å². The van der Waals surface area contributed by atoms with Gasteiger partial charge in [0.25, 0.3) is 0 Å². The second-order valence-electron chi connectivity index (χ2n) is 6.71. The summed E-state index contributed by atoms with van der Waals surface area (Å²) in [6.45, 7) is 0. The van der Waals surface area contributed by atoms with Crippen molar-refractivity contribution in [2.45, 2.75) is 31.3 Å². The van der Waals surface area contributed by atoms with Gasteiger partial charge in [0.05, 0.1) is 0 Å². The molecule has 1 amide bonds. The van der Waals surface area contributed by atoms with E-state index in [1.165, 1.54) is 16.8 Å². The van der Waals surface area contributed by atoms with Crippen molar-refractivity contribution in [2.75, 3.05) is 0 Å². The van der Waals surface area contributed by atoms with Crippen LogP contribution < -0.4 is 5.32 Å². The molecule has 0 unspecified atom stereocenters. The highest BCUT2D eigenvalue weighted by atomic mass is 16.2. The smallest absolute Gasteiger partial charge is 0.243 e. The molecule has 0 fully saturated rings. The molecule has 3 aromatic rings. The van der Waals surface area contributed by atoms with Crippen molar-refractivity contribution in [3.63, 3.8) is 0 Å². The van der Waals surface area contributed by atoms with Gasteiger partial charge in [-0.25, -0.2) is 0 Å². The summed E-state index contributed by atoms with van der Waals surface area (Å²) < 4.78 is 2.15. The van der Waals surface area contributed by atoms with Gasteiger partial charge in [-0.05, 0) is 29.7 Å². The van der Waals surface area contributed by atoms with Gasteiger partial charge in [0.2, 0.25) is 5.91 Å². The van der Waals surface area contributed by atoms with Crippen LogP contribution in [0.25, 0.3) is 0 Å². The van der Waals surface area contributed by atoms with E-state index >= 15 is 0 Å². The van der Waals surface area contributed by atoms with E-state index in [0.717, 1.165) is 12.8 Å². The zero-order valence-electron chi connectivity index (χ0n) is 14.1. The van der Waals surface area contributed by atoms with Crippen molar-refractivity contribution in [1.82, 2.24) is 9.88 Å². The molecular weight excluding hydrogens is 308 g/mol. The fourth-order valence-corrected chi connectivity index (χ4v) is 3.68. The first kappa shape index (κ1) is 15.7. The van der Waals surface area contributed by atoms with Crippen molar-refractivity contribution in [1.29, 1.82) is 0 Å². The van der Waals surface area contributed by atoms with Crippen LogP contribution in [0.1, 0.15) is 22.9 Å². The van der Waals surface area contributed by atoms with Gasteiger partial charge < -0.3 is 9.88 Å². The molecule has 1 aliphatic heterocycles. The molecule has 25 heavy (non-hydrogen) atoms. The van der Waals surface area contributed by atoms with Gasteiger partial charge in [0.15, 0.2) is 0 Å². The summed E-state index contributed by atoms with van der Waals surface area (Å²) in [4.78, 5) is 12.9. The molecule has 1 aromatic heterocycles. The Morgan fingerprint density at radius 3 is 2.16 bits per heavy atom. The lowest BCUT2D eigenvalue weighted by atomic mass is 10.0. The van der Waals surface area contributed by atoms with Gasteiger partial charge in [-0.3, -0.25) is 4.79 Å². The van der Waals surface area contributed by atoms with E-state index in [2.05, 4.69) is 52.3 Å². The highest BCUT2D eigenvalue weighted by molar-refractivity contribution is 5.81. The maximum absolute atomic E-state index is 12.9. The highest BCUT2D eigenvalue weighted by Crippen LogP contribution is 2.23. The predicted octanol–water partition coefficient (Wildman–Crippen LogP) is 3.56. The van der Waals surface area contributed by atoms with Crippen molar-refractivity contribution >= 4 is 5.91 Å². The number of amides is 1. The molecule has 0 radical (unpaired) electrons.